The molecule has 0 saturated carbocycles. The number of rotatable bonds is 5. The molecule has 0 amide bonds. The molecule has 0 heterocycles. The third-order valence-electron chi connectivity index (χ3n) is 1.65. The predicted octanol–water partition coefficient (Wildman–Crippen LogP) is 0.324. The van der Waals surface area contributed by atoms with E-state index >= 15 is 0 Å². The van der Waals surface area contributed by atoms with E-state index in [0.29, 0.717) is 0 Å². The quantitative estimate of drug-likeness (QED) is 0.692. The van der Waals surface area contributed by atoms with Gasteiger partial charge in [-0.1, -0.05) is 0 Å². The summed E-state index contributed by atoms with van der Waals surface area (Å²) in [7, 11) is 0. The summed E-state index contributed by atoms with van der Waals surface area (Å²) in [5, 5.41) is 0. The molecule has 0 aromatic carbocycles. The van der Waals surface area contributed by atoms with Crippen molar-refractivity contribution in [1.82, 2.24) is 0 Å². The number of esters is 2. The van der Waals surface area contributed by atoms with E-state index in [0.717, 1.165) is 0 Å². The summed E-state index contributed by atoms with van der Waals surface area (Å²) in [6.07, 6.45) is 0. The van der Waals surface area contributed by atoms with E-state index in [-0.39, 0.29) is 0 Å². The van der Waals surface area contributed by atoms with Gasteiger partial charge in [0.2, 0.25) is 0 Å². The van der Waals surface area contributed by atoms with E-state index in [2.05, 4.69) is 0 Å². The van der Waals surface area contributed by atoms with Crippen molar-refractivity contribution in [2.45, 2.75) is 64.8 Å². The summed E-state index contributed by atoms with van der Waals surface area (Å²) in [5.41, 5.74) is 2.35. The Bertz CT molecular complexity index is 316. The lowest BCUT2D eigenvalue weighted by Gasteiger charge is -2.26. The monoisotopic (exact) mass is 262 g/mol. The minimum Gasteiger partial charge on any atom is -0.459 e. The first-order valence-corrected chi connectivity index (χ1v) is 5.71. The molecule has 6 heteroatoms. The summed E-state index contributed by atoms with van der Waals surface area (Å²) in [6.45, 7) is 10.0. The zero-order valence-electron chi connectivity index (χ0n) is 13.8. The maximum Gasteiger partial charge on any atom is 0.325 e. The molecule has 0 radical (unpaired) electrons. The van der Waals surface area contributed by atoms with Gasteiger partial charge in [-0.25, -0.2) is 0 Å². The van der Waals surface area contributed by atoms with E-state index in [4.69, 9.17) is 12.3 Å². The Balaban J connectivity index is 4.99. The third kappa shape index (κ3) is 6.56. The molecule has 0 aromatic rings. The highest BCUT2D eigenvalue weighted by Gasteiger charge is 2.33. The van der Waals surface area contributed by atoms with Crippen LogP contribution in [0.15, 0.2) is 0 Å². The van der Waals surface area contributed by atoms with Crippen molar-refractivity contribution in [2.24, 2.45) is 11.5 Å². The Morgan fingerprint density at radius 2 is 1.17 bits per heavy atom. The minimum atomic E-state index is -1.33. The molecule has 0 bridgehead atoms. The molecule has 4 N–H and O–H groups in total. The summed E-state index contributed by atoms with van der Waals surface area (Å²) in [4.78, 5) is 23.8. The second-order valence-corrected chi connectivity index (χ2v) is 6.02. The summed E-state index contributed by atoms with van der Waals surface area (Å²) >= 11 is 0. The SMILES string of the molecule is [2H]NC(C(=O)OC(C)(C)C)C(N[2H])C(=O)OC(C)(C)C. The molecule has 0 spiro atoms. The predicted molar refractivity (Wildman–Crippen MR) is 67.6 cm³/mol. The lowest BCUT2D eigenvalue weighted by atomic mass is 10.1. The molecular weight excluding hydrogens is 236 g/mol. The van der Waals surface area contributed by atoms with Gasteiger partial charge < -0.3 is 20.9 Å². The minimum absolute atomic E-state index is 0.757. The van der Waals surface area contributed by atoms with E-state index in [1.807, 2.05) is 11.5 Å². The van der Waals surface area contributed by atoms with Crippen LogP contribution < -0.4 is 11.5 Å². The van der Waals surface area contributed by atoms with Crippen LogP contribution in [0.1, 0.15) is 41.5 Å². The van der Waals surface area contributed by atoms with Crippen LogP contribution in [-0.2, 0) is 19.1 Å². The van der Waals surface area contributed by atoms with Crippen LogP contribution >= 0.6 is 0 Å². The fourth-order valence-corrected chi connectivity index (χ4v) is 1.00. The Hall–Kier alpha value is -1.14. The van der Waals surface area contributed by atoms with Crippen LogP contribution in [0.4, 0.5) is 0 Å². The van der Waals surface area contributed by atoms with E-state index in [1.54, 1.807) is 41.5 Å². The van der Waals surface area contributed by atoms with Gasteiger partial charge in [-0.2, -0.15) is 0 Å². The van der Waals surface area contributed by atoms with Gasteiger partial charge in [-0.3, -0.25) is 9.59 Å². The van der Waals surface area contributed by atoms with Crippen LogP contribution in [0, 0.1) is 0 Å². The molecule has 0 aliphatic carbocycles. The third-order valence-corrected chi connectivity index (χ3v) is 1.65. The zero-order valence-corrected chi connectivity index (χ0v) is 11.8. The second kappa shape index (κ2) is 5.67. The summed E-state index contributed by atoms with van der Waals surface area (Å²) in [5.74, 6) is -1.61. The first kappa shape index (κ1) is 13.3. The van der Waals surface area contributed by atoms with Gasteiger partial charge in [-0.15, -0.1) is 0 Å². The molecule has 2 atom stereocenters. The Morgan fingerprint density at radius 3 is 1.33 bits per heavy atom. The Kier molecular flexibility index (Phi) is 4.19. The van der Waals surface area contributed by atoms with Crippen molar-refractivity contribution in [2.75, 3.05) is 0 Å². The first-order chi connectivity index (χ1) is 8.91. The number of hydrogen-bond acceptors (Lipinski definition) is 6. The van der Waals surface area contributed by atoms with Crippen LogP contribution in [0.2, 0.25) is 2.82 Å². The van der Waals surface area contributed by atoms with Crippen molar-refractivity contribution in [3.8, 4) is 0 Å². The van der Waals surface area contributed by atoms with Crippen LogP contribution in [-0.4, -0.2) is 35.2 Å². The van der Waals surface area contributed by atoms with Gasteiger partial charge in [0, 0.05) is 0 Å². The van der Waals surface area contributed by atoms with Crippen LogP contribution in [0.5, 0.6) is 0 Å². The highest BCUT2D eigenvalue weighted by Crippen LogP contribution is 2.11. The Labute approximate surface area is 111 Å². The standard InChI is InChI=1S/C12H24N2O4/c1-11(2,3)17-9(15)7(13)8(14)10(16)18-12(4,5)6/h7-8H,13-14H2,1-6H3/i/hD2. The first-order valence-electron chi connectivity index (χ1n) is 6.71. The number of carbonyl (C=O) groups is 2. The molecule has 0 saturated heterocycles. The fourth-order valence-electron chi connectivity index (χ4n) is 1.00. The van der Waals surface area contributed by atoms with Crippen molar-refractivity contribution in [3.63, 3.8) is 0 Å². The van der Waals surface area contributed by atoms with Gasteiger partial charge in [0.05, 0.1) is 0 Å². The average molecular weight is 262 g/mol. The van der Waals surface area contributed by atoms with Gasteiger partial charge in [-0.05, 0) is 41.5 Å². The molecule has 0 rings (SSSR count). The van der Waals surface area contributed by atoms with Gasteiger partial charge in [0.1, 0.15) is 26.1 Å². The van der Waals surface area contributed by atoms with Crippen molar-refractivity contribution < 1.29 is 21.9 Å². The summed E-state index contributed by atoms with van der Waals surface area (Å²) < 4.78 is 24.6. The maximum atomic E-state index is 11.9. The normalized spacial score (nSPS) is 17.2. The van der Waals surface area contributed by atoms with Crippen LogP contribution in [0.3, 0.4) is 0 Å². The molecule has 2 unspecified atom stereocenters. The van der Waals surface area contributed by atoms with Crippen LogP contribution in [0.25, 0.3) is 0 Å². The largest absolute Gasteiger partial charge is 0.459 e. The van der Waals surface area contributed by atoms with Crippen molar-refractivity contribution in [3.05, 3.63) is 0 Å². The van der Waals surface area contributed by atoms with E-state index in [9.17, 15) is 9.59 Å². The number of carbonyl (C=O) groups excluding carboxylic acids is 2. The number of hydrogen-bond donors (Lipinski definition) is 2. The average Bonchev–Trinajstić information content (AvgIpc) is 2.19. The number of ether oxygens (including phenoxy) is 2. The lowest BCUT2D eigenvalue weighted by molar-refractivity contribution is -0.165. The summed E-state index contributed by atoms with van der Waals surface area (Å²) in [6, 6.07) is -2.66. The van der Waals surface area contributed by atoms with E-state index in [1.165, 1.54) is 0 Å². The topological polar surface area (TPSA) is 105 Å². The van der Waals surface area contributed by atoms with Crippen molar-refractivity contribution in [1.29, 1.82) is 0 Å². The zero-order chi connectivity index (χ0) is 16.1. The molecule has 0 aliphatic heterocycles. The van der Waals surface area contributed by atoms with E-state index < -0.39 is 35.2 Å². The highest BCUT2D eigenvalue weighted by molar-refractivity contribution is 5.87. The molecule has 6 nitrogen and oxygen atoms in total. The molecule has 106 valence electrons. The lowest BCUT2D eigenvalue weighted by Crippen LogP contribution is -2.54. The molecule has 0 aromatic heterocycles. The van der Waals surface area contributed by atoms with Gasteiger partial charge in [0.25, 0.3) is 0 Å². The second-order valence-electron chi connectivity index (χ2n) is 6.02. The maximum absolute atomic E-state index is 11.9. The molecule has 18 heavy (non-hydrogen) atoms. The molecular formula is C12H24N2O4. The van der Waals surface area contributed by atoms with Crippen molar-refractivity contribution >= 4 is 11.9 Å². The smallest absolute Gasteiger partial charge is 0.325 e. The number of nitrogens with two attached hydrogens (primary N) is 2. The van der Waals surface area contributed by atoms with Gasteiger partial charge in [0.15, 0.2) is 0 Å². The highest BCUT2D eigenvalue weighted by atomic mass is 16.6. The molecule has 0 fully saturated rings. The molecule has 0 aliphatic rings. The Morgan fingerprint density at radius 1 is 0.889 bits per heavy atom. The van der Waals surface area contributed by atoms with Gasteiger partial charge >= 0.3 is 11.9 Å². The fraction of sp³-hybridized carbons (Fsp3) is 0.833.